The van der Waals surface area contributed by atoms with Crippen LogP contribution >= 0.6 is 11.8 Å². The summed E-state index contributed by atoms with van der Waals surface area (Å²) in [6, 6.07) is 8.15. The maximum atomic E-state index is 12.1. The van der Waals surface area contributed by atoms with Crippen LogP contribution in [0.4, 0.5) is 10.5 Å². The van der Waals surface area contributed by atoms with E-state index in [4.69, 9.17) is 0 Å². The third-order valence-corrected chi connectivity index (χ3v) is 4.24. The molecule has 0 aliphatic carbocycles. The van der Waals surface area contributed by atoms with Crippen LogP contribution in [0.5, 0.6) is 0 Å². The van der Waals surface area contributed by atoms with Crippen molar-refractivity contribution in [3.8, 4) is 0 Å². The number of hydrogen-bond donors (Lipinski definition) is 1. The lowest BCUT2D eigenvalue weighted by Gasteiger charge is -2.26. The second-order valence-corrected chi connectivity index (χ2v) is 7.08. The maximum absolute atomic E-state index is 12.1. The Kier molecular flexibility index (Phi) is 4.40. The van der Waals surface area contributed by atoms with Gasteiger partial charge in [-0.1, -0.05) is 32.9 Å². The first kappa shape index (κ1) is 14.3. The molecule has 2 amide bonds. The summed E-state index contributed by atoms with van der Waals surface area (Å²) in [6.07, 6.45) is 0. The molecule has 0 saturated carbocycles. The van der Waals surface area contributed by atoms with Crippen molar-refractivity contribution in [1.29, 1.82) is 0 Å². The molecule has 0 atom stereocenters. The van der Waals surface area contributed by atoms with Crippen LogP contribution < -0.4 is 5.32 Å². The fourth-order valence-electron chi connectivity index (χ4n) is 2.02. The first-order chi connectivity index (χ1) is 8.97. The zero-order chi connectivity index (χ0) is 13.9. The highest BCUT2D eigenvalue weighted by molar-refractivity contribution is 7.99. The molecule has 0 unspecified atom stereocenters. The van der Waals surface area contributed by atoms with E-state index in [1.54, 1.807) is 0 Å². The molecule has 2 rings (SSSR count). The summed E-state index contributed by atoms with van der Waals surface area (Å²) in [5.74, 6) is 2.08. The van der Waals surface area contributed by atoms with Gasteiger partial charge in [-0.25, -0.2) is 4.79 Å². The summed E-state index contributed by atoms with van der Waals surface area (Å²) in [5, 5.41) is 2.97. The minimum absolute atomic E-state index is 0.0174. The Morgan fingerprint density at radius 3 is 2.26 bits per heavy atom. The number of nitrogens with zero attached hydrogens (tertiary/aromatic N) is 1. The minimum Gasteiger partial charge on any atom is -0.323 e. The van der Waals surface area contributed by atoms with Crippen LogP contribution in [-0.2, 0) is 5.41 Å². The Labute approximate surface area is 119 Å². The van der Waals surface area contributed by atoms with Gasteiger partial charge in [-0.2, -0.15) is 11.8 Å². The molecule has 19 heavy (non-hydrogen) atoms. The molecule has 3 nitrogen and oxygen atoms in total. The van der Waals surface area contributed by atoms with Crippen LogP contribution in [0, 0.1) is 0 Å². The van der Waals surface area contributed by atoms with Gasteiger partial charge < -0.3 is 10.2 Å². The first-order valence-corrected chi connectivity index (χ1v) is 7.86. The van der Waals surface area contributed by atoms with Gasteiger partial charge >= 0.3 is 6.03 Å². The fourth-order valence-corrected chi connectivity index (χ4v) is 2.93. The van der Waals surface area contributed by atoms with Crippen molar-refractivity contribution in [2.24, 2.45) is 0 Å². The number of anilines is 1. The average molecular weight is 278 g/mol. The summed E-state index contributed by atoms with van der Waals surface area (Å²) < 4.78 is 0. The largest absolute Gasteiger partial charge is 0.323 e. The van der Waals surface area contributed by atoms with Gasteiger partial charge in [0, 0.05) is 30.3 Å². The van der Waals surface area contributed by atoms with E-state index < -0.39 is 0 Å². The average Bonchev–Trinajstić information content (AvgIpc) is 2.39. The van der Waals surface area contributed by atoms with E-state index in [2.05, 4.69) is 38.2 Å². The zero-order valence-electron chi connectivity index (χ0n) is 11.9. The van der Waals surface area contributed by atoms with E-state index in [1.165, 1.54) is 5.56 Å². The molecule has 104 valence electrons. The summed E-state index contributed by atoms with van der Waals surface area (Å²) in [6.45, 7) is 8.25. The molecule has 1 N–H and O–H groups in total. The number of carbonyl (C=O) groups is 1. The fraction of sp³-hybridized carbons (Fsp3) is 0.533. The second-order valence-electron chi connectivity index (χ2n) is 5.86. The molecule has 0 bridgehead atoms. The molecule has 4 heteroatoms. The number of rotatable bonds is 1. The van der Waals surface area contributed by atoms with Gasteiger partial charge in [0.15, 0.2) is 0 Å². The van der Waals surface area contributed by atoms with E-state index in [0.29, 0.717) is 0 Å². The van der Waals surface area contributed by atoms with Crippen LogP contribution in [0.25, 0.3) is 0 Å². The first-order valence-electron chi connectivity index (χ1n) is 6.71. The normalized spacial score (nSPS) is 16.3. The van der Waals surface area contributed by atoms with E-state index in [9.17, 15) is 4.79 Å². The Morgan fingerprint density at radius 2 is 1.74 bits per heavy atom. The van der Waals surface area contributed by atoms with Crippen LogP contribution in [-0.4, -0.2) is 35.5 Å². The molecule has 0 radical (unpaired) electrons. The Hall–Kier alpha value is -1.16. The van der Waals surface area contributed by atoms with E-state index in [1.807, 2.05) is 28.8 Å². The van der Waals surface area contributed by atoms with E-state index in [0.717, 1.165) is 30.3 Å². The molecule has 0 aromatic heterocycles. The number of carbonyl (C=O) groups excluding carboxylic acids is 1. The Bertz CT molecular complexity index is 430. The topological polar surface area (TPSA) is 32.3 Å². The SMILES string of the molecule is CC(C)(C)c1ccc(NC(=O)N2CCSCC2)cc1. The van der Waals surface area contributed by atoms with Gasteiger partial charge in [0.05, 0.1) is 0 Å². The monoisotopic (exact) mass is 278 g/mol. The van der Waals surface area contributed by atoms with Gasteiger partial charge in [0.2, 0.25) is 0 Å². The van der Waals surface area contributed by atoms with E-state index >= 15 is 0 Å². The molecule has 1 aromatic rings. The lowest BCUT2D eigenvalue weighted by molar-refractivity contribution is 0.217. The molecule has 1 fully saturated rings. The predicted octanol–water partition coefficient (Wildman–Crippen LogP) is 3.56. The molecule has 1 heterocycles. The highest BCUT2D eigenvalue weighted by Gasteiger charge is 2.17. The highest BCUT2D eigenvalue weighted by atomic mass is 32.2. The smallest absolute Gasteiger partial charge is 0.321 e. The predicted molar refractivity (Wildman–Crippen MR) is 83.1 cm³/mol. The molecule has 1 aliphatic heterocycles. The van der Waals surface area contributed by atoms with E-state index in [-0.39, 0.29) is 11.4 Å². The Morgan fingerprint density at radius 1 is 1.16 bits per heavy atom. The molecular formula is C15H22N2OS. The molecule has 1 aliphatic rings. The number of hydrogen-bond acceptors (Lipinski definition) is 2. The number of thioether (sulfide) groups is 1. The van der Waals surface area contributed by atoms with Crippen molar-refractivity contribution < 1.29 is 4.79 Å². The third kappa shape index (κ3) is 3.90. The van der Waals surface area contributed by atoms with Crippen LogP contribution in [0.1, 0.15) is 26.3 Å². The molecule has 1 saturated heterocycles. The van der Waals surface area contributed by atoms with Gasteiger partial charge in [0.25, 0.3) is 0 Å². The van der Waals surface area contributed by atoms with Crippen LogP contribution in [0.3, 0.4) is 0 Å². The lowest BCUT2D eigenvalue weighted by atomic mass is 9.87. The standard InChI is InChI=1S/C15H22N2OS/c1-15(2,3)12-4-6-13(7-5-12)16-14(18)17-8-10-19-11-9-17/h4-7H,8-11H2,1-3H3,(H,16,18). The van der Waals surface area contributed by atoms with Gasteiger partial charge in [0.1, 0.15) is 0 Å². The number of amides is 2. The maximum Gasteiger partial charge on any atom is 0.321 e. The van der Waals surface area contributed by atoms with Crippen molar-refractivity contribution in [2.75, 3.05) is 29.9 Å². The molecule has 1 aromatic carbocycles. The van der Waals surface area contributed by atoms with Crippen molar-refractivity contribution >= 4 is 23.5 Å². The van der Waals surface area contributed by atoms with Gasteiger partial charge in [-0.3, -0.25) is 0 Å². The summed E-state index contributed by atoms with van der Waals surface area (Å²) in [4.78, 5) is 13.9. The highest BCUT2D eigenvalue weighted by Crippen LogP contribution is 2.23. The van der Waals surface area contributed by atoms with Crippen LogP contribution in [0.2, 0.25) is 0 Å². The van der Waals surface area contributed by atoms with Crippen molar-refractivity contribution in [1.82, 2.24) is 4.90 Å². The van der Waals surface area contributed by atoms with Crippen molar-refractivity contribution in [2.45, 2.75) is 26.2 Å². The Balaban J connectivity index is 1.97. The van der Waals surface area contributed by atoms with Gasteiger partial charge in [-0.05, 0) is 23.1 Å². The third-order valence-electron chi connectivity index (χ3n) is 3.30. The molecule has 0 spiro atoms. The quantitative estimate of drug-likeness (QED) is 0.852. The minimum atomic E-state index is 0.0174. The van der Waals surface area contributed by atoms with Crippen molar-refractivity contribution in [3.05, 3.63) is 29.8 Å². The summed E-state index contributed by atoms with van der Waals surface area (Å²) in [7, 11) is 0. The van der Waals surface area contributed by atoms with Crippen molar-refractivity contribution in [3.63, 3.8) is 0 Å². The number of nitrogens with one attached hydrogen (secondary N) is 1. The number of benzene rings is 1. The molecular weight excluding hydrogens is 256 g/mol. The number of urea groups is 1. The summed E-state index contributed by atoms with van der Waals surface area (Å²) >= 11 is 1.91. The van der Waals surface area contributed by atoms with Gasteiger partial charge in [-0.15, -0.1) is 0 Å². The second kappa shape index (κ2) is 5.87. The lowest BCUT2D eigenvalue weighted by Crippen LogP contribution is -2.40. The zero-order valence-corrected chi connectivity index (χ0v) is 12.7. The van der Waals surface area contributed by atoms with Crippen LogP contribution in [0.15, 0.2) is 24.3 Å². The summed E-state index contributed by atoms with van der Waals surface area (Å²) in [5.41, 5.74) is 2.29.